The Morgan fingerprint density at radius 1 is 1.13 bits per heavy atom. The zero-order chi connectivity index (χ0) is 22.3. The molecule has 0 bridgehead atoms. The fourth-order valence-electron chi connectivity index (χ4n) is 2.91. The molecule has 2 N–H and O–H groups in total. The number of halogens is 3. The van der Waals surface area contributed by atoms with Crippen molar-refractivity contribution in [3.05, 3.63) is 48.0 Å². The highest BCUT2D eigenvalue weighted by molar-refractivity contribution is 5.82. The van der Waals surface area contributed by atoms with E-state index in [2.05, 4.69) is 20.6 Å². The van der Waals surface area contributed by atoms with E-state index in [-0.39, 0.29) is 24.6 Å². The highest BCUT2D eigenvalue weighted by Crippen LogP contribution is 2.33. The van der Waals surface area contributed by atoms with Crippen LogP contribution >= 0.6 is 0 Å². The molecule has 160 valence electrons. The van der Waals surface area contributed by atoms with Crippen molar-refractivity contribution in [2.45, 2.75) is 45.5 Å². The summed E-state index contributed by atoms with van der Waals surface area (Å²) in [7, 11) is 0. The molecule has 6 nitrogen and oxygen atoms in total. The third-order valence-electron chi connectivity index (χ3n) is 4.39. The van der Waals surface area contributed by atoms with Gasteiger partial charge in [0.15, 0.2) is 0 Å². The quantitative estimate of drug-likeness (QED) is 0.637. The first-order chi connectivity index (χ1) is 14.1. The van der Waals surface area contributed by atoms with Crippen molar-refractivity contribution in [2.24, 2.45) is 5.92 Å². The summed E-state index contributed by atoms with van der Waals surface area (Å²) < 4.78 is 41.4. The summed E-state index contributed by atoms with van der Waals surface area (Å²) in [6.07, 6.45) is -1.50. The average molecular weight is 419 g/mol. The monoisotopic (exact) mass is 419 g/mol. The lowest BCUT2D eigenvalue weighted by Crippen LogP contribution is -2.49. The summed E-state index contributed by atoms with van der Waals surface area (Å²) in [5.74, 6) is -0.685. The standard InChI is InChI=1S/C21H24F3N5O/c1-13(2)10-18(20(30)26-9-8-25)29-19(21(22,23)24)17-7-6-16(12-28-17)15-5-4-14(3)27-11-15/h4-7,11-13,18-19,29H,9-10H2,1-3H3,(H,26,30)/t18-,19-/m0/s1. The van der Waals surface area contributed by atoms with Gasteiger partial charge in [0.25, 0.3) is 0 Å². The van der Waals surface area contributed by atoms with Crippen molar-refractivity contribution in [1.29, 1.82) is 5.26 Å². The number of carbonyl (C=O) groups excluding carboxylic acids is 1. The highest BCUT2D eigenvalue weighted by Gasteiger charge is 2.43. The third kappa shape index (κ3) is 6.52. The van der Waals surface area contributed by atoms with Gasteiger partial charge in [0.05, 0.1) is 17.8 Å². The number of nitrogens with zero attached hydrogens (tertiary/aromatic N) is 3. The summed E-state index contributed by atoms with van der Waals surface area (Å²) in [5, 5.41) is 13.3. The minimum atomic E-state index is -4.66. The van der Waals surface area contributed by atoms with Crippen LogP contribution in [0.2, 0.25) is 0 Å². The van der Waals surface area contributed by atoms with E-state index in [1.165, 1.54) is 12.3 Å². The summed E-state index contributed by atoms with van der Waals surface area (Å²) >= 11 is 0. The fraction of sp³-hybridized carbons (Fsp3) is 0.429. The number of hydrogen-bond donors (Lipinski definition) is 2. The van der Waals surface area contributed by atoms with E-state index < -0.39 is 24.2 Å². The maximum atomic E-state index is 13.8. The van der Waals surface area contributed by atoms with Gasteiger partial charge in [-0.05, 0) is 31.4 Å². The normalized spacial score (nSPS) is 13.5. The molecule has 0 fully saturated rings. The number of aryl methyl sites for hydroxylation is 1. The molecule has 2 aromatic heterocycles. The first kappa shape index (κ1) is 23.3. The van der Waals surface area contributed by atoms with E-state index in [0.717, 1.165) is 11.3 Å². The lowest BCUT2D eigenvalue weighted by molar-refractivity contribution is -0.162. The van der Waals surface area contributed by atoms with Crippen LogP contribution in [-0.4, -0.2) is 34.6 Å². The lowest BCUT2D eigenvalue weighted by atomic mass is 10.0. The predicted molar refractivity (Wildman–Crippen MR) is 106 cm³/mol. The van der Waals surface area contributed by atoms with Gasteiger partial charge >= 0.3 is 6.18 Å². The molecule has 0 aromatic carbocycles. The Hall–Kier alpha value is -2.99. The molecule has 30 heavy (non-hydrogen) atoms. The second-order valence-electron chi connectivity index (χ2n) is 7.36. The van der Waals surface area contributed by atoms with Gasteiger partial charge in [-0.15, -0.1) is 0 Å². The smallest absolute Gasteiger partial charge is 0.342 e. The molecule has 0 saturated carbocycles. The molecular formula is C21H24F3N5O. The van der Waals surface area contributed by atoms with Crippen LogP contribution < -0.4 is 10.6 Å². The number of amides is 1. The van der Waals surface area contributed by atoms with E-state index in [0.29, 0.717) is 5.56 Å². The number of nitriles is 1. The number of nitrogens with one attached hydrogen (secondary N) is 2. The Morgan fingerprint density at radius 2 is 1.77 bits per heavy atom. The Labute approximate surface area is 173 Å². The lowest BCUT2D eigenvalue weighted by Gasteiger charge is -2.27. The summed E-state index contributed by atoms with van der Waals surface area (Å²) in [5.41, 5.74) is 1.96. The Morgan fingerprint density at radius 3 is 2.23 bits per heavy atom. The molecule has 2 heterocycles. The number of alkyl halides is 3. The van der Waals surface area contributed by atoms with E-state index in [4.69, 9.17) is 5.26 Å². The fourth-order valence-corrected chi connectivity index (χ4v) is 2.91. The van der Waals surface area contributed by atoms with Crippen molar-refractivity contribution in [3.8, 4) is 17.2 Å². The van der Waals surface area contributed by atoms with Crippen molar-refractivity contribution in [1.82, 2.24) is 20.6 Å². The zero-order valence-electron chi connectivity index (χ0n) is 17.0. The molecule has 0 spiro atoms. The van der Waals surface area contributed by atoms with Crippen LogP contribution in [0.3, 0.4) is 0 Å². The van der Waals surface area contributed by atoms with E-state index in [1.807, 2.05) is 13.0 Å². The molecule has 1 amide bonds. The van der Waals surface area contributed by atoms with Crippen LogP contribution in [0.5, 0.6) is 0 Å². The van der Waals surface area contributed by atoms with Gasteiger partial charge in [-0.2, -0.15) is 18.4 Å². The Balaban J connectivity index is 2.28. The molecular weight excluding hydrogens is 395 g/mol. The predicted octanol–water partition coefficient (Wildman–Crippen LogP) is 3.70. The largest absolute Gasteiger partial charge is 0.409 e. The zero-order valence-corrected chi connectivity index (χ0v) is 17.0. The molecule has 0 aliphatic heterocycles. The molecule has 9 heteroatoms. The van der Waals surface area contributed by atoms with Crippen LogP contribution in [-0.2, 0) is 4.79 Å². The Bertz CT molecular complexity index is 874. The summed E-state index contributed by atoms with van der Waals surface area (Å²) in [6.45, 7) is 5.17. The van der Waals surface area contributed by atoms with Crippen LogP contribution in [0.4, 0.5) is 13.2 Å². The first-order valence-corrected chi connectivity index (χ1v) is 9.48. The molecule has 0 radical (unpaired) electrons. The minimum absolute atomic E-state index is 0.0337. The van der Waals surface area contributed by atoms with Gasteiger partial charge in [0, 0.05) is 29.2 Å². The topological polar surface area (TPSA) is 90.7 Å². The van der Waals surface area contributed by atoms with Gasteiger partial charge in [-0.25, -0.2) is 0 Å². The number of pyridine rings is 2. The van der Waals surface area contributed by atoms with E-state index in [9.17, 15) is 18.0 Å². The van der Waals surface area contributed by atoms with Gasteiger partial charge in [0.1, 0.15) is 12.6 Å². The SMILES string of the molecule is Cc1ccc(-c2ccc([C@H](N[C@@H](CC(C)C)C(=O)NCC#N)C(F)(F)F)nc2)cn1. The first-order valence-electron chi connectivity index (χ1n) is 9.48. The van der Waals surface area contributed by atoms with E-state index >= 15 is 0 Å². The number of carbonyl (C=O) groups is 1. The summed E-state index contributed by atoms with van der Waals surface area (Å²) in [4.78, 5) is 20.5. The molecule has 0 unspecified atom stereocenters. The van der Waals surface area contributed by atoms with Crippen LogP contribution in [0.15, 0.2) is 36.7 Å². The second kappa shape index (κ2) is 10.2. The van der Waals surface area contributed by atoms with Crippen LogP contribution in [0, 0.1) is 24.2 Å². The maximum Gasteiger partial charge on any atom is 0.409 e. The molecule has 0 saturated heterocycles. The Kier molecular flexibility index (Phi) is 7.89. The average Bonchev–Trinajstić information content (AvgIpc) is 2.69. The summed E-state index contributed by atoms with van der Waals surface area (Å²) in [6, 6.07) is 4.96. The van der Waals surface area contributed by atoms with Gasteiger partial charge in [0.2, 0.25) is 5.91 Å². The number of rotatable bonds is 8. The van der Waals surface area contributed by atoms with Gasteiger partial charge in [-0.3, -0.25) is 20.1 Å². The number of hydrogen-bond acceptors (Lipinski definition) is 5. The van der Waals surface area contributed by atoms with Crippen molar-refractivity contribution < 1.29 is 18.0 Å². The molecule has 0 aliphatic rings. The van der Waals surface area contributed by atoms with Crippen LogP contribution in [0.1, 0.15) is 37.7 Å². The second-order valence-corrected chi connectivity index (χ2v) is 7.36. The van der Waals surface area contributed by atoms with Crippen LogP contribution in [0.25, 0.3) is 11.1 Å². The highest BCUT2D eigenvalue weighted by atomic mass is 19.4. The molecule has 0 aliphatic carbocycles. The molecule has 2 rings (SSSR count). The number of aromatic nitrogens is 2. The van der Waals surface area contributed by atoms with Crippen molar-refractivity contribution >= 4 is 5.91 Å². The molecule has 2 atom stereocenters. The maximum absolute atomic E-state index is 13.8. The van der Waals surface area contributed by atoms with Crippen molar-refractivity contribution in [2.75, 3.05) is 6.54 Å². The van der Waals surface area contributed by atoms with E-state index in [1.54, 1.807) is 38.2 Å². The molecule has 2 aromatic rings. The van der Waals surface area contributed by atoms with Gasteiger partial charge < -0.3 is 5.32 Å². The third-order valence-corrected chi connectivity index (χ3v) is 4.39. The minimum Gasteiger partial charge on any atom is -0.342 e. The van der Waals surface area contributed by atoms with Gasteiger partial charge in [-0.1, -0.05) is 26.0 Å². The van der Waals surface area contributed by atoms with Crippen molar-refractivity contribution in [3.63, 3.8) is 0 Å².